The molecule has 1 aliphatic rings. The van der Waals surface area contributed by atoms with Gasteiger partial charge in [0.15, 0.2) is 0 Å². The van der Waals surface area contributed by atoms with Gasteiger partial charge in [-0.3, -0.25) is 0 Å². The molecule has 2 aromatic rings. The predicted octanol–water partition coefficient (Wildman–Crippen LogP) is 3.52. The Hall–Kier alpha value is -1.55. The van der Waals surface area contributed by atoms with Crippen molar-refractivity contribution in [2.45, 2.75) is 32.2 Å². The van der Waals surface area contributed by atoms with Gasteiger partial charge in [0, 0.05) is 11.1 Å². The summed E-state index contributed by atoms with van der Waals surface area (Å²) in [5.74, 6) is 0.697. The first-order chi connectivity index (χ1) is 9.24. The number of benzene rings is 1. The van der Waals surface area contributed by atoms with E-state index >= 15 is 0 Å². The average molecular weight is 277 g/mol. The topological polar surface area (TPSA) is 42.7 Å². The number of halogens is 1. The second-order valence-electron chi connectivity index (χ2n) is 5.16. The molecular formula is C14H17ClN4. The summed E-state index contributed by atoms with van der Waals surface area (Å²) in [6, 6.07) is 6.32. The first-order valence-electron chi connectivity index (χ1n) is 6.65. The quantitative estimate of drug-likeness (QED) is 0.933. The molecule has 1 aliphatic carbocycles. The summed E-state index contributed by atoms with van der Waals surface area (Å²) in [4.78, 5) is 4.00. The molecule has 4 nitrogen and oxygen atoms in total. The molecule has 19 heavy (non-hydrogen) atoms. The van der Waals surface area contributed by atoms with E-state index in [1.807, 2.05) is 18.2 Å². The van der Waals surface area contributed by atoms with Crippen LogP contribution >= 0.6 is 11.6 Å². The van der Waals surface area contributed by atoms with E-state index in [-0.39, 0.29) is 0 Å². The van der Waals surface area contributed by atoms with Crippen LogP contribution in [0.1, 0.15) is 26.2 Å². The Morgan fingerprint density at radius 2 is 2.26 bits per heavy atom. The molecule has 2 unspecified atom stereocenters. The van der Waals surface area contributed by atoms with Gasteiger partial charge in [0.2, 0.25) is 0 Å². The van der Waals surface area contributed by atoms with Gasteiger partial charge in [-0.25, -0.2) is 9.67 Å². The smallest absolute Gasteiger partial charge is 0.138 e. The first kappa shape index (κ1) is 12.5. The summed E-state index contributed by atoms with van der Waals surface area (Å²) in [5.41, 5.74) is 2.01. The summed E-state index contributed by atoms with van der Waals surface area (Å²) in [5, 5.41) is 8.54. The Morgan fingerprint density at radius 1 is 1.37 bits per heavy atom. The van der Waals surface area contributed by atoms with E-state index in [2.05, 4.69) is 22.3 Å². The Labute approximate surface area is 117 Å². The Bertz CT molecular complexity index is 553. The zero-order valence-corrected chi connectivity index (χ0v) is 11.6. The van der Waals surface area contributed by atoms with Crippen LogP contribution in [0.4, 0.5) is 5.69 Å². The number of hydrogen-bond acceptors (Lipinski definition) is 3. The van der Waals surface area contributed by atoms with Crippen LogP contribution in [-0.2, 0) is 0 Å². The van der Waals surface area contributed by atoms with Crippen molar-refractivity contribution in [1.29, 1.82) is 0 Å². The molecule has 1 saturated carbocycles. The van der Waals surface area contributed by atoms with Gasteiger partial charge in [-0.05, 0) is 37.0 Å². The maximum atomic E-state index is 6.11. The molecule has 0 radical (unpaired) electrons. The molecule has 3 rings (SSSR count). The van der Waals surface area contributed by atoms with Gasteiger partial charge in [-0.1, -0.05) is 24.9 Å². The number of aromatic nitrogens is 3. The van der Waals surface area contributed by atoms with E-state index in [0.29, 0.717) is 12.0 Å². The lowest BCUT2D eigenvalue weighted by Gasteiger charge is -2.21. The van der Waals surface area contributed by atoms with Crippen molar-refractivity contribution in [3.8, 4) is 5.69 Å². The van der Waals surface area contributed by atoms with Crippen LogP contribution in [0.25, 0.3) is 5.69 Å². The van der Waals surface area contributed by atoms with E-state index in [4.69, 9.17) is 11.6 Å². The van der Waals surface area contributed by atoms with E-state index < -0.39 is 0 Å². The number of hydrogen-bond donors (Lipinski definition) is 1. The molecule has 0 bridgehead atoms. The van der Waals surface area contributed by atoms with Crippen molar-refractivity contribution < 1.29 is 0 Å². The minimum absolute atomic E-state index is 0.515. The monoisotopic (exact) mass is 276 g/mol. The van der Waals surface area contributed by atoms with Crippen LogP contribution in [0, 0.1) is 5.92 Å². The van der Waals surface area contributed by atoms with Crippen LogP contribution in [0.15, 0.2) is 30.9 Å². The lowest BCUT2D eigenvalue weighted by Crippen LogP contribution is -2.22. The molecule has 1 N–H and O–H groups in total. The predicted molar refractivity (Wildman–Crippen MR) is 76.8 cm³/mol. The normalized spacial score (nSPS) is 22.6. The zero-order chi connectivity index (χ0) is 13.2. The molecule has 1 fully saturated rings. The van der Waals surface area contributed by atoms with Crippen molar-refractivity contribution in [3.63, 3.8) is 0 Å². The molecule has 0 amide bonds. The molecule has 0 spiro atoms. The number of rotatable bonds is 3. The Kier molecular flexibility index (Phi) is 3.42. The average Bonchev–Trinajstić information content (AvgIpc) is 3.03. The molecule has 1 aromatic heterocycles. The van der Waals surface area contributed by atoms with Crippen LogP contribution in [0.3, 0.4) is 0 Å². The summed E-state index contributed by atoms with van der Waals surface area (Å²) in [7, 11) is 0. The van der Waals surface area contributed by atoms with Gasteiger partial charge >= 0.3 is 0 Å². The highest BCUT2D eigenvalue weighted by Crippen LogP contribution is 2.31. The third-order valence-corrected chi connectivity index (χ3v) is 4.06. The lowest BCUT2D eigenvalue weighted by atomic mass is 10.1. The summed E-state index contributed by atoms with van der Waals surface area (Å²) >= 11 is 6.11. The van der Waals surface area contributed by atoms with E-state index in [0.717, 1.165) is 16.4 Å². The second-order valence-corrected chi connectivity index (χ2v) is 5.60. The first-order valence-corrected chi connectivity index (χ1v) is 7.03. The summed E-state index contributed by atoms with van der Waals surface area (Å²) in [6.45, 7) is 2.30. The van der Waals surface area contributed by atoms with Crippen LogP contribution in [0.2, 0.25) is 5.02 Å². The van der Waals surface area contributed by atoms with Crippen LogP contribution in [0.5, 0.6) is 0 Å². The van der Waals surface area contributed by atoms with Gasteiger partial charge in [-0.15, -0.1) is 0 Å². The lowest BCUT2D eigenvalue weighted by molar-refractivity contribution is 0.556. The molecule has 1 aromatic carbocycles. The maximum absolute atomic E-state index is 6.11. The fourth-order valence-electron chi connectivity index (χ4n) is 2.72. The van der Waals surface area contributed by atoms with Crippen molar-refractivity contribution >= 4 is 17.3 Å². The Morgan fingerprint density at radius 3 is 2.95 bits per heavy atom. The van der Waals surface area contributed by atoms with Gasteiger partial charge in [-0.2, -0.15) is 5.10 Å². The van der Waals surface area contributed by atoms with Gasteiger partial charge in [0.05, 0.1) is 11.4 Å². The molecule has 1 heterocycles. The van der Waals surface area contributed by atoms with Crippen molar-refractivity contribution in [2.75, 3.05) is 5.32 Å². The molecule has 0 aliphatic heterocycles. The third-order valence-electron chi connectivity index (χ3n) is 3.83. The number of nitrogens with zero attached hydrogens (tertiary/aromatic N) is 3. The van der Waals surface area contributed by atoms with Crippen LogP contribution in [-0.4, -0.2) is 20.8 Å². The van der Waals surface area contributed by atoms with Crippen LogP contribution < -0.4 is 5.32 Å². The van der Waals surface area contributed by atoms with Crippen molar-refractivity contribution in [3.05, 3.63) is 35.9 Å². The zero-order valence-electron chi connectivity index (χ0n) is 10.9. The maximum Gasteiger partial charge on any atom is 0.138 e. The summed E-state index contributed by atoms with van der Waals surface area (Å²) < 4.78 is 1.76. The Balaban J connectivity index is 1.92. The molecule has 100 valence electrons. The van der Waals surface area contributed by atoms with E-state index in [1.54, 1.807) is 11.0 Å². The highest BCUT2D eigenvalue weighted by Gasteiger charge is 2.24. The molecule has 0 saturated heterocycles. The van der Waals surface area contributed by atoms with Crippen molar-refractivity contribution in [1.82, 2.24) is 14.8 Å². The fraction of sp³-hybridized carbons (Fsp3) is 0.429. The van der Waals surface area contributed by atoms with E-state index in [9.17, 15) is 0 Å². The fourth-order valence-corrected chi connectivity index (χ4v) is 2.89. The van der Waals surface area contributed by atoms with Gasteiger partial charge < -0.3 is 5.32 Å². The van der Waals surface area contributed by atoms with E-state index in [1.165, 1.54) is 25.6 Å². The van der Waals surface area contributed by atoms with Gasteiger partial charge in [0.25, 0.3) is 0 Å². The largest absolute Gasteiger partial charge is 0.380 e. The molecule has 5 heteroatoms. The minimum atomic E-state index is 0.515. The molecule has 2 atom stereocenters. The van der Waals surface area contributed by atoms with Crippen molar-refractivity contribution in [2.24, 2.45) is 5.92 Å². The second kappa shape index (κ2) is 5.21. The third kappa shape index (κ3) is 2.59. The standard InChI is InChI=1S/C14H17ClN4/c1-10-3-2-4-12(10)18-13-7-11(15)5-6-14(13)19-9-16-8-17-19/h5-10,12,18H,2-4H2,1H3. The minimum Gasteiger partial charge on any atom is -0.380 e. The number of anilines is 1. The highest BCUT2D eigenvalue weighted by atomic mass is 35.5. The summed E-state index contributed by atoms with van der Waals surface area (Å²) in [6.07, 6.45) is 7.03. The van der Waals surface area contributed by atoms with Gasteiger partial charge in [0.1, 0.15) is 12.7 Å². The SMILES string of the molecule is CC1CCCC1Nc1cc(Cl)ccc1-n1cncn1. The molecular weight excluding hydrogens is 260 g/mol. The number of nitrogens with one attached hydrogen (secondary N) is 1. The highest BCUT2D eigenvalue weighted by molar-refractivity contribution is 6.31.